The summed E-state index contributed by atoms with van der Waals surface area (Å²) < 4.78 is 5.80. The van der Waals surface area contributed by atoms with E-state index in [1.54, 1.807) is 0 Å². The van der Waals surface area contributed by atoms with Crippen LogP contribution in [0.5, 0.6) is 0 Å². The van der Waals surface area contributed by atoms with E-state index in [1.807, 2.05) is 20.8 Å². The highest BCUT2D eigenvalue weighted by atomic mass is 79.9. The molecule has 0 spiro atoms. The van der Waals surface area contributed by atoms with Crippen LogP contribution in [-0.4, -0.2) is 33.6 Å². The Balaban J connectivity index is 1.80. The Morgan fingerprint density at radius 1 is 1.40 bits per heavy atom. The molecule has 1 saturated carbocycles. The first-order valence-electron chi connectivity index (χ1n) is 8.08. The van der Waals surface area contributed by atoms with E-state index in [9.17, 15) is 9.59 Å². The van der Waals surface area contributed by atoms with Crippen molar-refractivity contribution < 1.29 is 14.3 Å². The number of amides is 2. The molecule has 0 aromatic carbocycles. The van der Waals surface area contributed by atoms with Crippen LogP contribution in [0.3, 0.4) is 0 Å². The van der Waals surface area contributed by atoms with Crippen LogP contribution in [-0.2, 0) is 16.1 Å². The van der Waals surface area contributed by atoms with E-state index >= 15 is 0 Å². The van der Waals surface area contributed by atoms with Crippen molar-refractivity contribution >= 4 is 39.5 Å². The molecule has 2 N–H and O–H groups in total. The summed E-state index contributed by atoms with van der Waals surface area (Å²) in [5.41, 5.74) is -0.0326. The molecular weight excluding hydrogens is 412 g/mol. The number of nitrogens with one attached hydrogen (secondary N) is 2. The lowest BCUT2D eigenvalue weighted by Crippen LogP contribution is -2.38. The summed E-state index contributed by atoms with van der Waals surface area (Å²) in [4.78, 5) is 32.3. The van der Waals surface area contributed by atoms with Crippen LogP contribution in [0.25, 0.3) is 0 Å². The molecule has 0 unspecified atom stereocenters. The van der Waals surface area contributed by atoms with Gasteiger partial charge in [0.15, 0.2) is 5.15 Å². The molecule has 2 rings (SSSR count). The van der Waals surface area contributed by atoms with Crippen molar-refractivity contribution in [3.8, 4) is 0 Å². The summed E-state index contributed by atoms with van der Waals surface area (Å²) >= 11 is 9.19. The molecule has 7 nitrogen and oxygen atoms in total. The average Bonchev–Trinajstić information content (AvgIpc) is 2.94. The monoisotopic (exact) mass is 432 g/mol. The maximum Gasteiger partial charge on any atom is 0.407 e. The number of aromatic nitrogens is 2. The number of ether oxygens (including phenoxy) is 1. The summed E-state index contributed by atoms with van der Waals surface area (Å²) in [7, 11) is 0. The van der Waals surface area contributed by atoms with Crippen LogP contribution >= 0.6 is 27.5 Å². The van der Waals surface area contributed by atoms with Crippen LogP contribution in [0, 0.1) is 5.92 Å². The molecule has 1 aromatic heterocycles. The van der Waals surface area contributed by atoms with Crippen molar-refractivity contribution in [1.82, 2.24) is 20.6 Å². The van der Waals surface area contributed by atoms with E-state index in [1.165, 1.54) is 6.20 Å². The van der Waals surface area contributed by atoms with Crippen molar-refractivity contribution in [2.45, 2.75) is 58.2 Å². The smallest absolute Gasteiger partial charge is 0.407 e. The summed E-state index contributed by atoms with van der Waals surface area (Å²) in [6.07, 6.45) is 3.09. The quantitative estimate of drug-likeness (QED) is 0.760. The summed E-state index contributed by atoms with van der Waals surface area (Å²) in [5, 5.41) is 5.91. The molecular formula is C16H22BrClN4O3. The normalized spacial score (nSPS) is 20.2. The first-order chi connectivity index (χ1) is 11.6. The van der Waals surface area contributed by atoms with Gasteiger partial charge < -0.3 is 15.4 Å². The number of halogens is 2. The Bertz CT molecular complexity index is 651. The Hall–Kier alpha value is -1.41. The molecule has 25 heavy (non-hydrogen) atoms. The van der Waals surface area contributed by atoms with Crippen molar-refractivity contribution in [2.24, 2.45) is 5.92 Å². The van der Waals surface area contributed by atoms with Gasteiger partial charge in [-0.15, -0.1) is 0 Å². The third kappa shape index (κ3) is 6.43. The minimum atomic E-state index is -0.538. The molecule has 1 aliphatic carbocycles. The third-order valence-electron chi connectivity index (χ3n) is 3.72. The second-order valence-electron chi connectivity index (χ2n) is 7.00. The van der Waals surface area contributed by atoms with Gasteiger partial charge in [0.1, 0.15) is 10.2 Å². The highest BCUT2D eigenvalue weighted by Gasteiger charge is 2.31. The Labute approximate surface area is 160 Å². The van der Waals surface area contributed by atoms with Crippen molar-refractivity contribution in [3.05, 3.63) is 21.6 Å². The molecule has 0 radical (unpaired) electrons. The number of nitrogens with zero attached hydrogens (tertiary/aromatic N) is 2. The number of hydrogen-bond donors (Lipinski definition) is 2. The SMILES string of the molecule is CC(C)(C)OC(=O)N[C@@H]1CC[C@@H](C(=O)NCc2nc(Br)cnc2Cl)C1. The van der Waals surface area contributed by atoms with Gasteiger partial charge >= 0.3 is 6.09 Å². The number of alkyl carbamates (subject to hydrolysis) is 1. The second-order valence-corrected chi connectivity index (χ2v) is 8.17. The van der Waals surface area contributed by atoms with E-state index in [2.05, 4.69) is 36.5 Å². The van der Waals surface area contributed by atoms with Crippen LogP contribution in [0.1, 0.15) is 45.7 Å². The van der Waals surface area contributed by atoms with Crippen molar-refractivity contribution in [2.75, 3.05) is 0 Å². The van der Waals surface area contributed by atoms with E-state index < -0.39 is 11.7 Å². The van der Waals surface area contributed by atoms with Crippen LogP contribution in [0.15, 0.2) is 10.8 Å². The van der Waals surface area contributed by atoms with Gasteiger partial charge in [0, 0.05) is 12.0 Å². The zero-order valence-electron chi connectivity index (χ0n) is 14.4. The van der Waals surface area contributed by atoms with E-state index in [0.717, 1.165) is 6.42 Å². The number of carbonyl (C=O) groups is 2. The molecule has 9 heteroatoms. The molecule has 2 atom stereocenters. The van der Waals surface area contributed by atoms with Crippen molar-refractivity contribution in [1.29, 1.82) is 0 Å². The van der Waals surface area contributed by atoms with Crippen LogP contribution in [0.4, 0.5) is 4.79 Å². The fraction of sp³-hybridized carbons (Fsp3) is 0.625. The van der Waals surface area contributed by atoms with Crippen LogP contribution < -0.4 is 10.6 Å². The minimum absolute atomic E-state index is 0.0557. The molecule has 0 aliphatic heterocycles. The molecule has 1 fully saturated rings. The number of hydrogen-bond acceptors (Lipinski definition) is 5. The van der Waals surface area contributed by atoms with Gasteiger partial charge in [-0.3, -0.25) is 4.79 Å². The first kappa shape index (κ1) is 19.9. The summed E-state index contributed by atoms with van der Waals surface area (Å²) in [5.74, 6) is -0.231. The van der Waals surface area contributed by atoms with E-state index in [4.69, 9.17) is 16.3 Å². The average molecular weight is 434 g/mol. The molecule has 0 bridgehead atoms. The molecule has 138 valence electrons. The topological polar surface area (TPSA) is 93.2 Å². The zero-order chi connectivity index (χ0) is 18.6. The lowest BCUT2D eigenvalue weighted by Gasteiger charge is -2.21. The first-order valence-corrected chi connectivity index (χ1v) is 9.25. The highest BCUT2D eigenvalue weighted by Crippen LogP contribution is 2.26. The molecule has 1 aliphatic rings. The van der Waals surface area contributed by atoms with Crippen LogP contribution in [0.2, 0.25) is 5.15 Å². The molecule has 0 saturated heterocycles. The predicted octanol–water partition coefficient (Wildman–Crippen LogP) is 3.20. The molecule has 1 aromatic rings. The maximum absolute atomic E-state index is 12.3. The third-order valence-corrected chi connectivity index (χ3v) is 4.42. The Morgan fingerprint density at radius 3 is 2.80 bits per heavy atom. The number of rotatable bonds is 4. The molecule has 1 heterocycles. The second kappa shape index (κ2) is 8.31. The zero-order valence-corrected chi connectivity index (χ0v) is 16.8. The van der Waals surface area contributed by atoms with E-state index in [-0.39, 0.29) is 29.6 Å². The molecule has 2 amide bonds. The lowest BCUT2D eigenvalue weighted by molar-refractivity contribution is -0.125. The van der Waals surface area contributed by atoms with Gasteiger partial charge in [0.05, 0.1) is 18.4 Å². The van der Waals surface area contributed by atoms with Gasteiger partial charge in [-0.05, 0) is 56.0 Å². The lowest BCUT2D eigenvalue weighted by atomic mass is 10.1. The summed E-state index contributed by atoms with van der Waals surface area (Å²) in [6.45, 7) is 5.65. The standard InChI is InChI=1S/C16H22BrClN4O3/c1-16(2,3)25-15(24)21-10-5-4-9(6-10)14(23)20-7-11-13(18)19-8-12(17)22-11/h8-10H,4-7H2,1-3H3,(H,20,23)(H,21,24)/t9-,10-/m1/s1. The number of carbonyl (C=O) groups excluding carboxylic acids is 2. The Kier molecular flexibility index (Phi) is 6.62. The summed E-state index contributed by atoms with van der Waals surface area (Å²) in [6, 6.07) is -0.0557. The van der Waals surface area contributed by atoms with Gasteiger partial charge in [-0.1, -0.05) is 11.6 Å². The van der Waals surface area contributed by atoms with Gasteiger partial charge in [0.25, 0.3) is 0 Å². The predicted molar refractivity (Wildman–Crippen MR) is 97.1 cm³/mol. The van der Waals surface area contributed by atoms with E-state index in [0.29, 0.717) is 23.1 Å². The maximum atomic E-state index is 12.3. The van der Waals surface area contributed by atoms with Crippen molar-refractivity contribution in [3.63, 3.8) is 0 Å². The Morgan fingerprint density at radius 2 is 2.12 bits per heavy atom. The fourth-order valence-corrected chi connectivity index (χ4v) is 3.12. The fourth-order valence-electron chi connectivity index (χ4n) is 2.64. The van der Waals surface area contributed by atoms with Gasteiger partial charge in [0.2, 0.25) is 5.91 Å². The minimum Gasteiger partial charge on any atom is -0.444 e. The highest BCUT2D eigenvalue weighted by molar-refractivity contribution is 9.10. The van der Waals surface area contributed by atoms with Gasteiger partial charge in [-0.2, -0.15) is 0 Å². The largest absolute Gasteiger partial charge is 0.444 e. The van der Waals surface area contributed by atoms with Gasteiger partial charge in [-0.25, -0.2) is 14.8 Å².